The molecule has 2 atom stereocenters. The fourth-order valence-corrected chi connectivity index (χ4v) is 4.10. The van der Waals surface area contributed by atoms with Gasteiger partial charge in [0.2, 0.25) is 0 Å². The lowest BCUT2D eigenvalue weighted by molar-refractivity contribution is 0.0383. The second-order valence-corrected chi connectivity index (χ2v) is 6.94. The van der Waals surface area contributed by atoms with E-state index in [4.69, 9.17) is 4.74 Å². The quantitative estimate of drug-likeness (QED) is 0.719. The lowest BCUT2D eigenvalue weighted by Gasteiger charge is -2.37. The van der Waals surface area contributed by atoms with Crippen LogP contribution in [0, 0.1) is 5.92 Å². The van der Waals surface area contributed by atoms with Crippen LogP contribution >= 0.6 is 0 Å². The summed E-state index contributed by atoms with van der Waals surface area (Å²) in [6.07, 6.45) is 8.32. The van der Waals surface area contributed by atoms with Gasteiger partial charge in [-0.1, -0.05) is 13.3 Å². The Bertz CT molecular complexity index is 295. The van der Waals surface area contributed by atoms with Crippen LogP contribution in [0.4, 0.5) is 0 Å². The van der Waals surface area contributed by atoms with Crippen molar-refractivity contribution in [2.45, 2.75) is 63.5 Å². The molecule has 0 aromatic heterocycles. The van der Waals surface area contributed by atoms with Crippen LogP contribution in [-0.2, 0) is 4.74 Å². The van der Waals surface area contributed by atoms with Gasteiger partial charge in [-0.15, -0.1) is 0 Å². The molecule has 2 rings (SSSR count). The SMILES string of the molecule is CCCNC1(CO)CCCC1CCN(C)C1CCOCC1. The number of aliphatic hydroxyl groups excluding tert-OH is 1. The van der Waals surface area contributed by atoms with Crippen molar-refractivity contribution < 1.29 is 9.84 Å². The normalized spacial score (nSPS) is 31.1. The van der Waals surface area contributed by atoms with Gasteiger partial charge >= 0.3 is 0 Å². The Morgan fingerprint density at radius 2 is 2.05 bits per heavy atom. The largest absolute Gasteiger partial charge is 0.394 e. The first kappa shape index (κ1) is 17.2. The highest BCUT2D eigenvalue weighted by Crippen LogP contribution is 2.38. The summed E-state index contributed by atoms with van der Waals surface area (Å²) in [4.78, 5) is 2.52. The average Bonchev–Trinajstić information content (AvgIpc) is 2.94. The van der Waals surface area contributed by atoms with Crippen LogP contribution in [0.1, 0.15) is 51.9 Å². The van der Waals surface area contributed by atoms with Crippen LogP contribution in [-0.4, -0.2) is 61.5 Å². The van der Waals surface area contributed by atoms with Gasteiger partial charge in [-0.2, -0.15) is 0 Å². The summed E-state index contributed by atoms with van der Waals surface area (Å²) in [5.74, 6) is 0.622. The van der Waals surface area contributed by atoms with E-state index in [-0.39, 0.29) is 5.54 Å². The Hall–Kier alpha value is -0.160. The molecule has 0 radical (unpaired) electrons. The summed E-state index contributed by atoms with van der Waals surface area (Å²) in [5.41, 5.74) is -0.00741. The summed E-state index contributed by atoms with van der Waals surface area (Å²) < 4.78 is 5.45. The Morgan fingerprint density at radius 1 is 1.29 bits per heavy atom. The van der Waals surface area contributed by atoms with E-state index in [1.807, 2.05) is 0 Å². The van der Waals surface area contributed by atoms with Crippen molar-refractivity contribution in [3.8, 4) is 0 Å². The maximum absolute atomic E-state index is 9.93. The van der Waals surface area contributed by atoms with Gasteiger partial charge in [0.25, 0.3) is 0 Å². The third kappa shape index (κ3) is 4.41. The lowest BCUT2D eigenvalue weighted by Crippen LogP contribution is -2.52. The van der Waals surface area contributed by atoms with Crippen LogP contribution in [0.15, 0.2) is 0 Å². The second-order valence-electron chi connectivity index (χ2n) is 6.94. The Balaban J connectivity index is 1.82. The van der Waals surface area contributed by atoms with Gasteiger partial charge in [-0.25, -0.2) is 0 Å². The molecule has 21 heavy (non-hydrogen) atoms. The third-order valence-corrected chi connectivity index (χ3v) is 5.61. The molecule has 124 valence electrons. The predicted octanol–water partition coefficient (Wildman–Crippen LogP) is 2.02. The standard InChI is InChI=1S/C17H34N2O2/c1-3-10-18-17(14-20)9-4-5-15(17)6-11-19(2)16-7-12-21-13-8-16/h15-16,18,20H,3-14H2,1-2H3. The van der Waals surface area contributed by atoms with Crippen LogP contribution in [0.5, 0.6) is 0 Å². The van der Waals surface area contributed by atoms with Crippen molar-refractivity contribution in [3.05, 3.63) is 0 Å². The van der Waals surface area contributed by atoms with Crippen LogP contribution in [0.25, 0.3) is 0 Å². The molecule has 1 heterocycles. The van der Waals surface area contributed by atoms with Gasteiger partial charge in [-0.3, -0.25) is 0 Å². The van der Waals surface area contributed by atoms with Crippen molar-refractivity contribution in [2.75, 3.05) is 40.0 Å². The molecule has 1 aliphatic heterocycles. The Morgan fingerprint density at radius 3 is 2.71 bits per heavy atom. The number of hydrogen-bond donors (Lipinski definition) is 2. The number of rotatable bonds is 8. The minimum Gasteiger partial charge on any atom is -0.394 e. The zero-order valence-corrected chi connectivity index (χ0v) is 13.9. The van der Waals surface area contributed by atoms with Crippen LogP contribution in [0.3, 0.4) is 0 Å². The minimum atomic E-state index is -0.00741. The number of ether oxygens (including phenoxy) is 1. The molecule has 1 saturated heterocycles. The Kier molecular flexibility index (Phi) is 6.93. The monoisotopic (exact) mass is 298 g/mol. The maximum atomic E-state index is 9.93. The molecule has 4 heteroatoms. The van der Waals surface area contributed by atoms with Crippen molar-refractivity contribution in [1.29, 1.82) is 0 Å². The molecule has 0 spiro atoms. The van der Waals surface area contributed by atoms with Gasteiger partial charge in [-0.05, 0) is 64.6 Å². The minimum absolute atomic E-state index is 0.00741. The predicted molar refractivity (Wildman–Crippen MR) is 86.5 cm³/mol. The number of hydrogen-bond acceptors (Lipinski definition) is 4. The van der Waals surface area contributed by atoms with Crippen molar-refractivity contribution >= 4 is 0 Å². The number of nitrogens with one attached hydrogen (secondary N) is 1. The van der Waals surface area contributed by atoms with E-state index in [0.717, 1.165) is 39.1 Å². The Labute approximate surface area is 130 Å². The van der Waals surface area contributed by atoms with Gasteiger partial charge in [0, 0.05) is 24.8 Å². The van der Waals surface area contributed by atoms with Crippen molar-refractivity contribution in [2.24, 2.45) is 5.92 Å². The van der Waals surface area contributed by atoms with E-state index in [1.54, 1.807) is 0 Å². The third-order valence-electron chi connectivity index (χ3n) is 5.61. The fraction of sp³-hybridized carbons (Fsp3) is 1.00. The van der Waals surface area contributed by atoms with Crippen molar-refractivity contribution in [1.82, 2.24) is 10.2 Å². The summed E-state index contributed by atoms with van der Waals surface area (Å²) in [7, 11) is 2.25. The van der Waals surface area contributed by atoms with Crippen LogP contribution in [0.2, 0.25) is 0 Å². The van der Waals surface area contributed by atoms with Crippen LogP contribution < -0.4 is 5.32 Å². The molecule has 0 amide bonds. The van der Waals surface area contributed by atoms with E-state index in [0.29, 0.717) is 18.6 Å². The molecular weight excluding hydrogens is 264 g/mol. The van der Waals surface area contributed by atoms with E-state index >= 15 is 0 Å². The van der Waals surface area contributed by atoms with Gasteiger partial charge in [0.05, 0.1) is 6.61 Å². The number of nitrogens with zero attached hydrogens (tertiary/aromatic N) is 1. The average molecular weight is 298 g/mol. The highest BCUT2D eigenvalue weighted by atomic mass is 16.5. The van der Waals surface area contributed by atoms with Gasteiger partial charge in [0.15, 0.2) is 0 Å². The molecule has 1 saturated carbocycles. The number of aliphatic hydroxyl groups is 1. The summed E-state index contributed by atoms with van der Waals surface area (Å²) in [6, 6.07) is 0.687. The first-order valence-electron chi connectivity index (χ1n) is 8.85. The molecule has 2 aliphatic rings. The first-order chi connectivity index (χ1) is 10.2. The molecular formula is C17H34N2O2. The molecule has 2 N–H and O–H groups in total. The van der Waals surface area contributed by atoms with E-state index < -0.39 is 0 Å². The highest BCUT2D eigenvalue weighted by Gasteiger charge is 2.41. The smallest absolute Gasteiger partial charge is 0.0616 e. The summed E-state index contributed by atoms with van der Waals surface area (Å²) in [5, 5.41) is 13.6. The highest BCUT2D eigenvalue weighted by molar-refractivity contribution is 4.99. The van der Waals surface area contributed by atoms with E-state index in [2.05, 4.69) is 24.2 Å². The molecule has 0 aromatic carbocycles. The first-order valence-corrected chi connectivity index (χ1v) is 8.85. The zero-order valence-electron chi connectivity index (χ0n) is 13.9. The molecule has 0 bridgehead atoms. The summed E-state index contributed by atoms with van der Waals surface area (Å²) in [6.45, 7) is 6.48. The van der Waals surface area contributed by atoms with Gasteiger partial charge in [0.1, 0.15) is 0 Å². The molecule has 4 nitrogen and oxygen atoms in total. The fourth-order valence-electron chi connectivity index (χ4n) is 4.10. The van der Waals surface area contributed by atoms with Gasteiger partial charge < -0.3 is 20.1 Å². The summed E-state index contributed by atoms with van der Waals surface area (Å²) >= 11 is 0. The maximum Gasteiger partial charge on any atom is 0.0616 e. The molecule has 1 aliphatic carbocycles. The van der Waals surface area contributed by atoms with E-state index in [1.165, 1.54) is 32.1 Å². The van der Waals surface area contributed by atoms with Crippen molar-refractivity contribution in [3.63, 3.8) is 0 Å². The second kappa shape index (κ2) is 8.47. The molecule has 0 aromatic rings. The molecule has 2 fully saturated rings. The zero-order chi connectivity index (χ0) is 15.1. The molecule has 2 unspecified atom stereocenters. The topological polar surface area (TPSA) is 44.7 Å². The van der Waals surface area contributed by atoms with E-state index in [9.17, 15) is 5.11 Å². The lowest BCUT2D eigenvalue weighted by atomic mass is 9.84.